The molecule has 0 aliphatic rings. The maximum absolute atomic E-state index is 12.9. The Morgan fingerprint density at radius 2 is 1.68 bits per heavy atom. The molecular formula is C19H14F3NO4S. The predicted molar refractivity (Wildman–Crippen MR) is 96.0 cm³/mol. The van der Waals surface area contributed by atoms with Gasteiger partial charge in [0.1, 0.15) is 5.58 Å². The quantitative estimate of drug-likeness (QED) is 0.605. The molecule has 28 heavy (non-hydrogen) atoms. The van der Waals surface area contributed by atoms with E-state index in [4.69, 9.17) is 4.42 Å². The number of carbonyl (C=O) groups is 1. The average molecular weight is 409 g/mol. The molecule has 0 unspecified atom stereocenters. The molecule has 0 bridgehead atoms. The molecule has 1 heterocycles. The minimum atomic E-state index is -4.52. The fourth-order valence-corrected chi connectivity index (χ4v) is 3.16. The van der Waals surface area contributed by atoms with Crippen molar-refractivity contribution in [1.82, 2.24) is 0 Å². The lowest BCUT2D eigenvalue weighted by molar-refractivity contribution is -0.137. The first-order valence-electron chi connectivity index (χ1n) is 7.96. The summed E-state index contributed by atoms with van der Waals surface area (Å²) in [6.07, 6.45) is -3.45. The van der Waals surface area contributed by atoms with Crippen molar-refractivity contribution < 1.29 is 30.8 Å². The number of sulfone groups is 1. The molecule has 0 spiro atoms. The highest BCUT2D eigenvalue weighted by Crippen LogP contribution is 2.31. The number of Topliss-reactive ketones (excluding diaryl/α,β-unsaturated/α-hetero) is 1. The van der Waals surface area contributed by atoms with Crippen molar-refractivity contribution in [2.75, 3.05) is 6.26 Å². The van der Waals surface area contributed by atoms with Gasteiger partial charge >= 0.3 is 6.18 Å². The molecule has 3 aromatic rings. The Kier molecular flexibility index (Phi) is 4.88. The lowest BCUT2D eigenvalue weighted by Gasteiger charge is -2.08. The molecule has 0 radical (unpaired) electrons. The first-order chi connectivity index (χ1) is 12.9. The molecule has 1 aromatic heterocycles. The zero-order valence-electron chi connectivity index (χ0n) is 14.7. The van der Waals surface area contributed by atoms with Crippen molar-refractivity contribution in [3.63, 3.8) is 0 Å². The van der Waals surface area contributed by atoms with Gasteiger partial charge in [0.25, 0.3) is 0 Å². The molecule has 0 aliphatic heterocycles. The minimum Gasteiger partial charge on any atom is -0.438 e. The largest absolute Gasteiger partial charge is 0.438 e. The smallest absolute Gasteiger partial charge is 0.416 e. The lowest BCUT2D eigenvalue weighted by Crippen LogP contribution is -2.13. The van der Waals surface area contributed by atoms with Gasteiger partial charge in [-0.1, -0.05) is 0 Å². The van der Waals surface area contributed by atoms with Crippen LogP contribution in [0.2, 0.25) is 0 Å². The molecule has 0 fully saturated rings. The number of halogens is 3. The van der Waals surface area contributed by atoms with Crippen LogP contribution in [0.5, 0.6) is 0 Å². The molecule has 0 saturated carbocycles. The van der Waals surface area contributed by atoms with E-state index in [-0.39, 0.29) is 27.0 Å². The van der Waals surface area contributed by atoms with Gasteiger partial charge in [0.15, 0.2) is 15.6 Å². The highest BCUT2D eigenvalue weighted by atomic mass is 32.2. The van der Waals surface area contributed by atoms with Crippen LogP contribution in [0.4, 0.5) is 18.9 Å². The highest BCUT2D eigenvalue weighted by molar-refractivity contribution is 7.90. The number of hydrogen-bond donors (Lipinski definition) is 0. The van der Waals surface area contributed by atoms with Crippen LogP contribution in [0.3, 0.4) is 0 Å². The van der Waals surface area contributed by atoms with Crippen LogP contribution in [0.15, 0.2) is 62.8 Å². The lowest BCUT2D eigenvalue weighted by atomic mass is 10.1. The van der Waals surface area contributed by atoms with Gasteiger partial charge in [-0.2, -0.15) is 13.2 Å². The number of benzene rings is 2. The normalized spacial score (nSPS) is 13.1. The van der Waals surface area contributed by atoms with Crippen molar-refractivity contribution in [1.29, 1.82) is 0 Å². The second kappa shape index (κ2) is 6.90. The first-order valence-corrected chi connectivity index (χ1v) is 9.85. The molecule has 0 saturated heterocycles. The fraction of sp³-hybridized carbons (Fsp3) is 0.158. The van der Waals surface area contributed by atoms with E-state index in [1.54, 1.807) is 0 Å². The first kappa shape index (κ1) is 19.8. The third-order valence-corrected chi connectivity index (χ3v) is 5.08. The molecule has 2 aromatic carbocycles. The standard InChI is InChI=1S/C19H14F3NO4S/c1-11(24)16-10-12-9-13(19(20,21)22)3-8-17(12)27-18(16)23-14-4-6-15(7-5-14)28(2,25)26/h3-10H,1-2H3/b23-18-. The Labute approximate surface area is 158 Å². The van der Waals surface area contributed by atoms with E-state index in [9.17, 15) is 26.4 Å². The summed E-state index contributed by atoms with van der Waals surface area (Å²) in [5, 5.41) is 0.117. The van der Waals surface area contributed by atoms with Crippen LogP contribution in [-0.4, -0.2) is 20.5 Å². The Bertz CT molecular complexity index is 1240. The number of nitrogens with zero attached hydrogens (tertiary/aromatic N) is 1. The molecule has 9 heteroatoms. The molecule has 0 amide bonds. The zero-order chi connectivity index (χ0) is 20.7. The summed E-state index contributed by atoms with van der Waals surface area (Å²) in [6, 6.07) is 9.82. The van der Waals surface area contributed by atoms with Crippen molar-refractivity contribution in [3.8, 4) is 0 Å². The Morgan fingerprint density at radius 3 is 2.21 bits per heavy atom. The molecule has 0 aliphatic carbocycles. The van der Waals surface area contributed by atoms with E-state index >= 15 is 0 Å². The van der Waals surface area contributed by atoms with Crippen LogP contribution in [0.25, 0.3) is 11.0 Å². The summed E-state index contributed by atoms with van der Waals surface area (Å²) >= 11 is 0. The van der Waals surface area contributed by atoms with E-state index in [0.717, 1.165) is 24.5 Å². The summed E-state index contributed by atoms with van der Waals surface area (Å²) in [5.74, 6) is -0.436. The van der Waals surface area contributed by atoms with E-state index < -0.39 is 27.4 Å². The number of hydrogen-bond acceptors (Lipinski definition) is 5. The summed E-state index contributed by atoms with van der Waals surface area (Å²) in [4.78, 5) is 16.3. The van der Waals surface area contributed by atoms with Crippen LogP contribution >= 0.6 is 0 Å². The molecule has 146 valence electrons. The molecule has 5 nitrogen and oxygen atoms in total. The van der Waals surface area contributed by atoms with Gasteiger partial charge in [-0.25, -0.2) is 13.4 Å². The van der Waals surface area contributed by atoms with Gasteiger partial charge in [0, 0.05) is 11.6 Å². The van der Waals surface area contributed by atoms with Crippen LogP contribution in [0.1, 0.15) is 22.8 Å². The second-order valence-corrected chi connectivity index (χ2v) is 8.17. The summed E-state index contributed by atoms with van der Waals surface area (Å²) < 4.78 is 67.3. The van der Waals surface area contributed by atoms with Gasteiger partial charge in [0.05, 0.1) is 21.7 Å². The Morgan fingerprint density at radius 1 is 1.04 bits per heavy atom. The number of rotatable bonds is 3. The number of fused-ring (bicyclic) bond motifs is 1. The summed E-state index contributed by atoms with van der Waals surface area (Å²) in [7, 11) is -3.37. The fourth-order valence-electron chi connectivity index (χ4n) is 2.53. The van der Waals surface area contributed by atoms with Crippen molar-refractivity contribution in [2.45, 2.75) is 18.0 Å². The van der Waals surface area contributed by atoms with Gasteiger partial charge in [0.2, 0.25) is 5.55 Å². The molecule has 3 rings (SSSR count). The topological polar surface area (TPSA) is 76.7 Å². The second-order valence-electron chi connectivity index (χ2n) is 6.15. The van der Waals surface area contributed by atoms with Gasteiger partial charge in [-0.3, -0.25) is 4.79 Å². The predicted octanol–water partition coefficient (Wildman–Crippen LogP) is 4.29. The van der Waals surface area contributed by atoms with Crippen LogP contribution in [0, 0.1) is 0 Å². The Balaban J connectivity index is 2.18. The molecule has 0 N–H and O–H groups in total. The van der Waals surface area contributed by atoms with E-state index in [1.165, 1.54) is 37.3 Å². The van der Waals surface area contributed by atoms with Crippen molar-refractivity contribution in [3.05, 3.63) is 65.2 Å². The minimum absolute atomic E-state index is 0.0130. The maximum atomic E-state index is 12.9. The van der Waals surface area contributed by atoms with Gasteiger partial charge in [-0.15, -0.1) is 0 Å². The van der Waals surface area contributed by atoms with Crippen molar-refractivity contribution >= 4 is 32.3 Å². The number of ketones is 1. The maximum Gasteiger partial charge on any atom is 0.416 e. The molecular weight excluding hydrogens is 395 g/mol. The van der Waals surface area contributed by atoms with Crippen molar-refractivity contribution in [2.24, 2.45) is 4.99 Å². The zero-order valence-corrected chi connectivity index (χ0v) is 15.6. The number of alkyl halides is 3. The monoisotopic (exact) mass is 409 g/mol. The van der Waals surface area contributed by atoms with Crippen LogP contribution < -0.4 is 5.55 Å². The number of carbonyl (C=O) groups excluding carboxylic acids is 1. The van der Waals surface area contributed by atoms with Crippen LogP contribution in [-0.2, 0) is 16.0 Å². The third-order valence-electron chi connectivity index (χ3n) is 3.95. The van der Waals surface area contributed by atoms with E-state index in [1.807, 2.05) is 0 Å². The van der Waals surface area contributed by atoms with Gasteiger partial charge < -0.3 is 4.42 Å². The van der Waals surface area contributed by atoms with E-state index in [0.29, 0.717) is 5.69 Å². The summed E-state index contributed by atoms with van der Waals surface area (Å²) in [5.41, 5.74) is -0.467. The van der Waals surface area contributed by atoms with E-state index in [2.05, 4.69) is 4.99 Å². The summed E-state index contributed by atoms with van der Waals surface area (Å²) in [6.45, 7) is 1.25. The highest BCUT2D eigenvalue weighted by Gasteiger charge is 2.30. The average Bonchev–Trinajstić information content (AvgIpc) is 2.59. The Hall–Kier alpha value is -2.94. The van der Waals surface area contributed by atoms with Gasteiger partial charge in [-0.05, 0) is 55.5 Å². The third kappa shape index (κ3) is 4.14. The SMILES string of the molecule is CC(=O)c1cc2cc(C(F)(F)F)ccc2o/c1=N\c1ccc(S(C)(=O)=O)cc1. The molecule has 0 atom stereocenters.